The number of rotatable bonds is 8. The summed E-state index contributed by atoms with van der Waals surface area (Å²) in [6.45, 7) is 4.27. The Morgan fingerprint density at radius 1 is 1.06 bits per heavy atom. The van der Waals surface area contributed by atoms with Gasteiger partial charge in [-0.25, -0.2) is 0 Å². The summed E-state index contributed by atoms with van der Waals surface area (Å²) in [6, 6.07) is 9.05. The summed E-state index contributed by atoms with van der Waals surface area (Å²) < 4.78 is 0. The van der Waals surface area contributed by atoms with Gasteiger partial charge >= 0.3 is 0 Å². The molecule has 0 aliphatic carbocycles. The van der Waals surface area contributed by atoms with E-state index in [0.717, 1.165) is 13.1 Å². The van der Waals surface area contributed by atoms with Crippen LogP contribution in [0.4, 0.5) is 0 Å². The third kappa shape index (κ3) is 5.59. The van der Waals surface area contributed by atoms with Crippen LogP contribution in [0.5, 0.6) is 0 Å². The lowest BCUT2D eigenvalue weighted by molar-refractivity contribution is -0.121. The monoisotopic (exact) mass is 248 g/mol. The van der Waals surface area contributed by atoms with Gasteiger partial charge in [0.15, 0.2) is 5.78 Å². The van der Waals surface area contributed by atoms with Gasteiger partial charge in [-0.2, -0.15) is 0 Å². The lowest BCUT2D eigenvalue weighted by Gasteiger charge is -2.05. The van der Waals surface area contributed by atoms with E-state index in [2.05, 4.69) is 10.6 Å². The highest BCUT2D eigenvalue weighted by Gasteiger charge is 2.08. The smallest absolute Gasteiger partial charge is 0.220 e. The van der Waals surface area contributed by atoms with E-state index in [1.54, 1.807) is 12.1 Å². The lowest BCUT2D eigenvalue weighted by atomic mass is 10.1. The molecule has 4 heteroatoms. The first-order valence-electron chi connectivity index (χ1n) is 6.29. The maximum Gasteiger partial charge on any atom is 0.220 e. The zero-order valence-electron chi connectivity index (χ0n) is 10.7. The van der Waals surface area contributed by atoms with Crippen LogP contribution in [0.2, 0.25) is 0 Å². The van der Waals surface area contributed by atoms with Crippen LogP contribution in [-0.2, 0) is 4.79 Å². The quantitative estimate of drug-likeness (QED) is 0.539. The van der Waals surface area contributed by atoms with Crippen molar-refractivity contribution in [2.45, 2.75) is 19.8 Å². The van der Waals surface area contributed by atoms with E-state index in [4.69, 9.17) is 0 Å². The van der Waals surface area contributed by atoms with Gasteiger partial charge in [-0.3, -0.25) is 9.59 Å². The lowest BCUT2D eigenvalue weighted by Crippen LogP contribution is -2.31. The van der Waals surface area contributed by atoms with Crippen LogP contribution in [0.3, 0.4) is 0 Å². The van der Waals surface area contributed by atoms with E-state index in [0.29, 0.717) is 12.1 Å². The van der Waals surface area contributed by atoms with Gasteiger partial charge in [0.1, 0.15) is 0 Å². The van der Waals surface area contributed by atoms with Crippen molar-refractivity contribution < 1.29 is 9.59 Å². The second kappa shape index (κ2) is 8.42. The molecule has 0 aromatic heterocycles. The van der Waals surface area contributed by atoms with E-state index in [1.165, 1.54) is 0 Å². The minimum atomic E-state index is -0.0721. The predicted octanol–water partition coefficient (Wildman–Crippen LogP) is 1.38. The summed E-state index contributed by atoms with van der Waals surface area (Å²) >= 11 is 0. The van der Waals surface area contributed by atoms with Gasteiger partial charge in [-0.1, -0.05) is 37.3 Å². The summed E-state index contributed by atoms with van der Waals surface area (Å²) in [7, 11) is 0. The summed E-state index contributed by atoms with van der Waals surface area (Å²) in [5.74, 6) is -0.0605. The zero-order valence-corrected chi connectivity index (χ0v) is 10.7. The molecule has 4 nitrogen and oxygen atoms in total. The molecule has 0 atom stereocenters. The van der Waals surface area contributed by atoms with Crippen LogP contribution in [0.25, 0.3) is 0 Å². The number of benzene rings is 1. The van der Waals surface area contributed by atoms with Gasteiger partial charge in [0, 0.05) is 31.5 Å². The van der Waals surface area contributed by atoms with Gasteiger partial charge in [-0.05, 0) is 6.54 Å². The number of likely N-dealkylation sites (N-methyl/N-ethyl adjacent to an activating group) is 1. The van der Waals surface area contributed by atoms with Crippen LogP contribution in [-0.4, -0.2) is 31.3 Å². The fourth-order valence-electron chi connectivity index (χ4n) is 1.55. The molecule has 0 aliphatic rings. The van der Waals surface area contributed by atoms with Crippen LogP contribution in [0, 0.1) is 0 Å². The second-order valence-corrected chi connectivity index (χ2v) is 3.99. The number of amides is 1. The number of carbonyl (C=O) groups excluding carboxylic acids is 2. The first-order valence-corrected chi connectivity index (χ1v) is 6.29. The standard InChI is InChI=1S/C14H20N2O2/c1-2-15-10-11-16-14(18)9-8-13(17)12-6-4-3-5-7-12/h3-7,15H,2,8-11H2,1H3,(H,16,18). The third-order valence-electron chi connectivity index (χ3n) is 2.55. The fourth-order valence-corrected chi connectivity index (χ4v) is 1.55. The molecule has 0 saturated carbocycles. The van der Waals surface area contributed by atoms with E-state index in [-0.39, 0.29) is 24.5 Å². The first-order chi connectivity index (χ1) is 8.74. The number of carbonyl (C=O) groups is 2. The number of ketones is 1. The van der Waals surface area contributed by atoms with Crippen molar-refractivity contribution in [1.29, 1.82) is 0 Å². The number of Topliss-reactive ketones (excluding diaryl/α,β-unsaturated/α-hetero) is 1. The molecule has 1 amide bonds. The molecule has 98 valence electrons. The fraction of sp³-hybridized carbons (Fsp3) is 0.429. The molecular weight excluding hydrogens is 228 g/mol. The Hall–Kier alpha value is -1.68. The molecule has 0 radical (unpaired) electrons. The third-order valence-corrected chi connectivity index (χ3v) is 2.55. The summed E-state index contributed by atoms with van der Waals surface area (Å²) in [5.41, 5.74) is 0.665. The van der Waals surface area contributed by atoms with E-state index in [1.807, 2.05) is 25.1 Å². The average molecular weight is 248 g/mol. The van der Waals surface area contributed by atoms with Crippen molar-refractivity contribution in [3.05, 3.63) is 35.9 Å². The summed E-state index contributed by atoms with van der Waals surface area (Å²) in [4.78, 5) is 23.2. The molecule has 0 spiro atoms. The highest BCUT2D eigenvalue weighted by atomic mass is 16.2. The van der Waals surface area contributed by atoms with Crippen molar-refractivity contribution in [3.8, 4) is 0 Å². The molecule has 0 aliphatic heterocycles. The Kier molecular flexibility index (Phi) is 6.72. The first kappa shape index (κ1) is 14.4. The molecule has 0 bridgehead atoms. The van der Waals surface area contributed by atoms with Crippen molar-refractivity contribution >= 4 is 11.7 Å². The molecular formula is C14H20N2O2. The molecule has 1 aromatic carbocycles. The van der Waals surface area contributed by atoms with E-state index < -0.39 is 0 Å². The Labute approximate surface area is 108 Å². The van der Waals surface area contributed by atoms with Crippen molar-refractivity contribution in [3.63, 3.8) is 0 Å². The Balaban J connectivity index is 2.20. The minimum Gasteiger partial charge on any atom is -0.355 e. The maximum atomic E-state index is 11.7. The maximum absolute atomic E-state index is 11.7. The topological polar surface area (TPSA) is 58.2 Å². The number of hydrogen-bond donors (Lipinski definition) is 2. The number of hydrogen-bond acceptors (Lipinski definition) is 3. The van der Waals surface area contributed by atoms with Gasteiger partial charge in [0.25, 0.3) is 0 Å². The molecule has 2 N–H and O–H groups in total. The molecule has 1 aromatic rings. The van der Waals surface area contributed by atoms with Gasteiger partial charge < -0.3 is 10.6 Å². The molecule has 0 fully saturated rings. The summed E-state index contributed by atoms with van der Waals surface area (Å²) in [5, 5.41) is 5.88. The summed E-state index contributed by atoms with van der Waals surface area (Å²) in [6.07, 6.45) is 0.511. The SMILES string of the molecule is CCNCCNC(=O)CCC(=O)c1ccccc1. The molecule has 0 saturated heterocycles. The van der Waals surface area contributed by atoms with Gasteiger partial charge in [-0.15, -0.1) is 0 Å². The van der Waals surface area contributed by atoms with Gasteiger partial charge in [0.05, 0.1) is 0 Å². The van der Waals surface area contributed by atoms with Crippen molar-refractivity contribution in [2.75, 3.05) is 19.6 Å². The highest BCUT2D eigenvalue weighted by molar-refractivity contribution is 5.97. The normalized spacial score (nSPS) is 10.1. The van der Waals surface area contributed by atoms with Crippen LogP contribution in [0.15, 0.2) is 30.3 Å². The minimum absolute atomic E-state index is 0.0115. The molecule has 0 unspecified atom stereocenters. The largest absolute Gasteiger partial charge is 0.355 e. The predicted molar refractivity (Wildman–Crippen MR) is 71.6 cm³/mol. The van der Waals surface area contributed by atoms with Crippen LogP contribution in [0.1, 0.15) is 30.1 Å². The highest BCUT2D eigenvalue weighted by Crippen LogP contribution is 2.04. The molecule has 0 heterocycles. The Bertz CT molecular complexity index is 377. The zero-order chi connectivity index (χ0) is 13.2. The van der Waals surface area contributed by atoms with Gasteiger partial charge in [0.2, 0.25) is 5.91 Å². The average Bonchev–Trinajstić information content (AvgIpc) is 2.42. The van der Waals surface area contributed by atoms with E-state index in [9.17, 15) is 9.59 Å². The van der Waals surface area contributed by atoms with Crippen LogP contribution >= 0.6 is 0 Å². The Morgan fingerprint density at radius 3 is 2.44 bits per heavy atom. The Morgan fingerprint density at radius 2 is 1.78 bits per heavy atom. The molecule has 18 heavy (non-hydrogen) atoms. The van der Waals surface area contributed by atoms with Crippen molar-refractivity contribution in [2.24, 2.45) is 0 Å². The van der Waals surface area contributed by atoms with E-state index >= 15 is 0 Å². The van der Waals surface area contributed by atoms with Crippen molar-refractivity contribution in [1.82, 2.24) is 10.6 Å². The number of nitrogens with one attached hydrogen (secondary N) is 2. The van der Waals surface area contributed by atoms with Crippen LogP contribution < -0.4 is 10.6 Å². The molecule has 1 rings (SSSR count). The second-order valence-electron chi connectivity index (χ2n) is 3.99.